The number of fused-ring (bicyclic) bond motifs is 1. The number of hydrogen-bond acceptors (Lipinski definition) is 2. The van der Waals surface area contributed by atoms with Crippen LogP contribution in [0.2, 0.25) is 11.3 Å². The highest BCUT2D eigenvalue weighted by Gasteiger charge is 2.22. The molecule has 2 nitrogen and oxygen atoms in total. The minimum absolute atomic E-state index is 0.0666. The van der Waals surface area contributed by atoms with Crippen molar-refractivity contribution in [3.63, 3.8) is 0 Å². The maximum atomic E-state index is 12.3. The van der Waals surface area contributed by atoms with Gasteiger partial charge in [-0.3, -0.25) is 4.79 Å². The third-order valence-corrected chi connectivity index (χ3v) is 4.28. The summed E-state index contributed by atoms with van der Waals surface area (Å²) < 4.78 is 0. The van der Waals surface area contributed by atoms with Gasteiger partial charge in [-0.1, -0.05) is 41.8 Å². The van der Waals surface area contributed by atoms with Crippen LogP contribution < -0.4 is 5.46 Å². The number of carbonyl (C=O) groups excluding carboxylic acids is 1. The Balaban J connectivity index is 1.80. The van der Waals surface area contributed by atoms with Gasteiger partial charge < -0.3 is 5.02 Å². The second-order valence-corrected chi connectivity index (χ2v) is 5.98. The quantitative estimate of drug-likeness (QED) is 0.699. The van der Waals surface area contributed by atoms with E-state index in [2.05, 4.69) is 0 Å². The Morgan fingerprint density at radius 1 is 1.19 bits per heavy atom. The molecule has 0 saturated carbocycles. The summed E-state index contributed by atoms with van der Waals surface area (Å²) in [6.45, 7) is -0.390. The van der Waals surface area contributed by atoms with E-state index in [9.17, 15) is 9.82 Å². The van der Waals surface area contributed by atoms with Gasteiger partial charge >= 0.3 is 6.92 Å². The van der Waals surface area contributed by atoms with Gasteiger partial charge in [-0.25, -0.2) is 0 Å². The fourth-order valence-corrected chi connectivity index (χ4v) is 2.98. The molecule has 0 atom stereocenters. The van der Waals surface area contributed by atoms with Crippen LogP contribution in [0.5, 0.6) is 0 Å². The van der Waals surface area contributed by atoms with Crippen LogP contribution in [0, 0.1) is 0 Å². The van der Waals surface area contributed by atoms with Crippen molar-refractivity contribution in [2.24, 2.45) is 0 Å². The topological polar surface area (TPSA) is 37.3 Å². The van der Waals surface area contributed by atoms with Crippen LogP contribution >= 0.6 is 11.6 Å². The summed E-state index contributed by atoms with van der Waals surface area (Å²) in [5, 5.41) is 10.7. The predicted octanol–water partition coefficient (Wildman–Crippen LogP) is 2.90. The van der Waals surface area contributed by atoms with Gasteiger partial charge in [0, 0.05) is 17.0 Å². The number of rotatable bonds is 3. The van der Waals surface area contributed by atoms with Gasteiger partial charge in [-0.15, -0.1) is 0 Å². The minimum atomic E-state index is -0.390. The molecule has 0 saturated heterocycles. The number of aryl methyl sites for hydroxylation is 1. The molecule has 0 amide bonds. The Morgan fingerprint density at radius 2 is 1.95 bits per heavy atom. The molecule has 2 aromatic carbocycles. The first kappa shape index (κ1) is 14.4. The van der Waals surface area contributed by atoms with Gasteiger partial charge in [0.2, 0.25) is 0 Å². The van der Waals surface area contributed by atoms with Crippen LogP contribution in [-0.4, -0.2) is 17.7 Å². The third kappa shape index (κ3) is 3.20. The SMILES string of the molecule is O=C(Cc1ccc2c(c1)B(O)CCC2)c1ccc(Cl)cc1. The van der Waals surface area contributed by atoms with E-state index < -0.39 is 0 Å². The maximum absolute atomic E-state index is 12.3. The molecule has 21 heavy (non-hydrogen) atoms. The van der Waals surface area contributed by atoms with Crippen molar-refractivity contribution in [3.8, 4) is 0 Å². The first-order valence-electron chi connectivity index (χ1n) is 7.22. The summed E-state index contributed by atoms with van der Waals surface area (Å²) in [7, 11) is 0. The van der Waals surface area contributed by atoms with E-state index in [4.69, 9.17) is 11.6 Å². The lowest BCUT2D eigenvalue weighted by molar-refractivity contribution is 0.0993. The number of benzene rings is 2. The van der Waals surface area contributed by atoms with Crippen LogP contribution in [-0.2, 0) is 12.8 Å². The van der Waals surface area contributed by atoms with E-state index in [-0.39, 0.29) is 12.7 Å². The molecule has 1 aliphatic heterocycles. The molecule has 0 bridgehead atoms. The Bertz CT molecular complexity index is 667. The second-order valence-electron chi connectivity index (χ2n) is 5.55. The summed E-state index contributed by atoms with van der Waals surface area (Å²) in [6, 6.07) is 13.0. The van der Waals surface area contributed by atoms with Crippen molar-refractivity contribution < 1.29 is 9.82 Å². The zero-order valence-electron chi connectivity index (χ0n) is 11.7. The van der Waals surface area contributed by atoms with E-state index in [1.807, 2.05) is 18.2 Å². The van der Waals surface area contributed by atoms with Gasteiger partial charge in [0.15, 0.2) is 5.78 Å². The first-order valence-corrected chi connectivity index (χ1v) is 7.60. The number of Topliss-reactive ketones (excluding diaryl/α,β-unsaturated/α-hetero) is 1. The van der Waals surface area contributed by atoms with E-state index >= 15 is 0 Å². The highest BCUT2D eigenvalue weighted by Crippen LogP contribution is 2.16. The smallest absolute Gasteiger partial charge is 0.323 e. The molecule has 1 heterocycles. The van der Waals surface area contributed by atoms with Crippen molar-refractivity contribution in [1.29, 1.82) is 0 Å². The van der Waals surface area contributed by atoms with E-state index in [1.54, 1.807) is 24.3 Å². The fourth-order valence-electron chi connectivity index (χ4n) is 2.86. The van der Waals surface area contributed by atoms with Crippen molar-refractivity contribution in [1.82, 2.24) is 0 Å². The number of ketones is 1. The van der Waals surface area contributed by atoms with Crippen molar-refractivity contribution in [2.45, 2.75) is 25.6 Å². The Hall–Kier alpha value is -1.58. The normalized spacial score (nSPS) is 13.9. The minimum Gasteiger partial charge on any atom is -0.446 e. The summed E-state index contributed by atoms with van der Waals surface area (Å²) in [4.78, 5) is 12.3. The van der Waals surface area contributed by atoms with Crippen LogP contribution in [0.15, 0.2) is 42.5 Å². The molecule has 0 aromatic heterocycles. The zero-order valence-corrected chi connectivity index (χ0v) is 12.4. The molecule has 0 spiro atoms. The Labute approximate surface area is 129 Å². The summed E-state index contributed by atoms with van der Waals surface area (Å²) in [5.41, 5.74) is 3.81. The van der Waals surface area contributed by atoms with Crippen LogP contribution in [0.1, 0.15) is 27.9 Å². The molecule has 106 valence electrons. The summed E-state index contributed by atoms with van der Waals surface area (Å²) in [6.07, 6.45) is 3.19. The first-order chi connectivity index (χ1) is 10.1. The highest BCUT2D eigenvalue weighted by molar-refractivity contribution is 6.67. The maximum Gasteiger partial charge on any atom is 0.323 e. The summed E-state index contributed by atoms with van der Waals surface area (Å²) >= 11 is 5.83. The van der Waals surface area contributed by atoms with Gasteiger partial charge in [-0.2, -0.15) is 0 Å². The molecule has 2 aromatic rings. The molecule has 3 rings (SSSR count). The van der Waals surface area contributed by atoms with Gasteiger partial charge in [-0.05, 0) is 48.0 Å². The Morgan fingerprint density at radius 3 is 2.71 bits per heavy atom. The van der Waals surface area contributed by atoms with Gasteiger partial charge in [0.05, 0.1) is 0 Å². The third-order valence-electron chi connectivity index (χ3n) is 4.02. The van der Waals surface area contributed by atoms with E-state index in [1.165, 1.54) is 5.56 Å². The van der Waals surface area contributed by atoms with E-state index in [0.29, 0.717) is 17.0 Å². The average Bonchev–Trinajstić information content (AvgIpc) is 2.49. The van der Waals surface area contributed by atoms with Crippen molar-refractivity contribution in [2.75, 3.05) is 0 Å². The fraction of sp³-hybridized carbons (Fsp3) is 0.235. The van der Waals surface area contributed by atoms with Crippen LogP contribution in [0.3, 0.4) is 0 Å². The highest BCUT2D eigenvalue weighted by atomic mass is 35.5. The average molecular weight is 299 g/mol. The molecule has 0 aliphatic carbocycles. The molecule has 0 fully saturated rings. The van der Waals surface area contributed by atoms with Crippen molar-refractivity contribution in [3.05, 3.63) is 64.2 Å². The Kier molecular flexibility index (Phi) is 4.13. The largest absolute Gasteiger partial charge is 0.446 e. The molecule has 4 heteroatoms. The molecule has 1 N–H and O–H groups in total. The molecular weight excluding hydrogens is 282 g/mol. The second kappa shape index (κ2) is 6.04. The van der Waals surface area contributed by atoms with Crippen LogP contribution in [0.25, 0.3) is 0 Å². The van der Waals surface area contributed by atoms with E-state index in [0.717, 1.165) is 30.2 Å². The van der Waals surface area contributed by atoms with Gasteiger partial charge in [0.25, 0.3) is 0 Å². The number of hydrogen-bond donors (Lipinski definition) is 1. The predicted molar refractivity (Wildman–Crippen MR) is 86.7 cm³/mol. The lowest BCUT2D eigenvalue weighted by Gasteiger charge is -2.19. The molecule has 0 radical (unpaired) electrons. The standard InChI is InChI=1S/C17H16BClO2/c19-15-7-5-14(6-8-15)17(20)11-12-3-4-13-2-1-9-18(21)16(13)10-12/h3-8,10,21H,1-2,9,11H2. The zero-order chi connectivity index (χ0) is 14.8. The monoisotopic (exact) mass is 298 g/mol. The lowest BCUT2D eigenvalue weighted by Crippen LogP contribution is -2.36. The molecule has 1 aliphatic rings. The van der Waals surface area contributed by atoms with Crippen molar-refractivity contribution >= 4 is 29.8 Å². The molecular formula is C17H16BClO2. The molecule has 0 unspecified atom stereocenters. The van der Waals surface area contributed by atoms with Gasteiger partial charge in [0.1, 0.15) is 0 Å². The number of halogens is 1. The number of carbonyl (C=O) groups is 1. The summed E-state index contributed by atoms with van der Waals surface area (Å²) in [5.74, 6) is 0.0666. The lowest BCUT2D eigenvalue weighted by atomic mass is 9.53. The van der Waals surface area contributed by atoms with Crippen LogP contribution in [0.4, 0.5) is 0 Å².